The van der Waals surface area contributed by atoms with Crippen LogP contribution in [0.3, 0.4) is 0 Å². The molecule has 1 fully saturated rings. The van der Waals surface area contributed by atoms with Gasteiger partial charge >= 0.3 is 6.09 Å². The number of nitrogens with two attached hydrogens (primary N) is 1. The number of hydrogen-bond donors (Lipinski definition) is 1. The average Bonchev–Trinajstić information content (AvgIpc) is 3.47. The number of nitro benzene ring substituents is 1. The summed E-state index contributed by atoms with van der Waals surface area (Å²) in [5.74, 6) is 0.0611. The Balaban J connectivity index is 1.22. The van der Waals surface area contributed by atoms with E-state index in [1.54, 1.807) is 30.3 Å². The summed E-state index contributed by atoms with van der Waals surface area (Å²) in [5.41, 5.74) is 7.77. The Kier molecular flexibility index (Phi) is 8.46. The molecule has 1 saturated heterocycles. The van der Waals surface area contributed by atoms with Crippen molar-refractivity contribution in [3.63, 3.8) is 0 Å². The summed E-state index contributed by atoms with van der Waals surface area (Å²) in [7, 11) is 0. The second-order valence-electron chi connectivity index (χ2n) is 9.67. The predicted molar refractivity (Wildman–Crippen MR) is 154 cm³/mol. The normalized spacial score (nSPS) is 14.4. The third-order valence-electron chi connectivity index (χ3n) is 6.96. The van der Waals surface area contributed by atoms with Crippen molar-refractivity contribution in [1.82, 2.24) is 19.7 Å². The lowest BCUT2D eigenvalue weighted by molar-refractivity contribution is -0.384. The Bertz CT molecular complexity index is 1630. The molecule has 3 heterocycles. The lowest BCUT2D eigenvalue weighted by atomic mass is 10.1. The van der Waals surface area contributed by atoms with Crippen LogP contribution in [0.5, 0.6) is 11.5 Å². The summed E-state index contributed by atoms with van der Waals surface area (Å²) in [6.07, 6.45) is 5.27. The van der Waals surface area contributed by atoms with E-state index in [9.17, 15) is 19.3 Å². The molecule has 1 atom stereocenters. The molecule has 14 heteroatoms. The first-order chi connectivity index (χ1) is 20.1. The van der Waals surface area contributed by atoms with Crippen molar-refractivity contribution < 1.29 is 23.6 Å². The number of likely N-dealkylation sites (tertiary alicyclic amines) is 1. The van der Waals surface area contributed by atoms with Crippen LogP contribution in [0.15, 0.2) is 61.1 Å². The van der Waals surface area contributed by atoms with Gasteiger partial charge in [-0.3, -0.25) is 14.8 Å². The Morgan fingerprint density at radius 1 is 1.14 bits per heavy atom. The number of carbonyl (C=O) groups is 1. The van der Waals surface area contributed by atoms with Gasteiger partial charge in [-0.1, -0.05) is 23.2 Å². The molecule has 2 aromatic carbocycles. The minimum absolute atomic E-state index is 0.0527. The number of pyridine rings is 1. The van der Waals surface area contributed by atoms with E-state index in [1.165, 1.54) is 36.4 Å². The van der Waals surface area contributed by atoms with Gasteiger partial charge in [0.2, 0.25) is 0 Å². The maximum Gasteiger partial charge on any atom is 0.415 e. The Hall–Kier alpha value is -4.42. The number of nitro groups is 1. The molecule has 0 saturated carbocycles. The average molecular weight is 615 g/mol. The van der Waals surface area contributed by atoms with Crippen molar-refractivity contribution in [2.45, 2.75) is 31.9 Å². The van der Waals surface area contributed by atoms with Crippen LogP contribution in [0.1, 0.15) is 37.5 Å². The Morgan fingerprint density at radius 2 is 1.86 bits per heavy atom. The molecule has 2 N–H and O–H groups in total. The molecular formula is C28H25Cl2FN6O5. The molecule has 11 nitrogen and oxygen atoms in total. The molecule has 0 radical (unpaired) electrons. The molecule has 1 aliphatic heterocycles. The first kappa shape index (κ1) is 29.1. The third-order valence-corrected chi connectivity index (χ3v) is 7.67. The van der Waals surface area contributed by atoms with Gasteiger partial charge in [-0.05, 0) is 50.1 Å². The van der Waals surface area contributed by atoms with Gasteiger partial charge in [0.25, 0.3) is 5.69 Å². The lowest BCUT2D eigenvalue weighted by Gasteiger charge is -2.31. The molecule has 0 aliphatic carbocycles. The van der Waals surface area contributed by atoms with E-state index in [-0.39, 0.29) is 39.1 Å². The highest BCUT2D eigenvalue weighted by molar-refractivity contribution is 6.36. The third kappa shape index (κ3) is 6.24. The summed E-state index contributed by atoms with van der Waals surface area (Å²) < 4.78 is 27.2. The molecule has 4 aromatic rings. The number of nitrogen functional groups attached to an aromatic ring is 1. The molecule has 1 aliphatic rings. The summed E-state index contributed by atoms with van der Waals surface area (Å²) in [6.45, 7) is 2.59. The van der Waals surface area contributed by atoms with Crippen LogP contribution in [0.2, 0.25) is 10.0 Å². The number of rotatable bonds is 7. The van der Waals surface area contributed by atoms with Crippen LogP contribution >= 0.6 is 23.2 Å². The zero-order valence-electron chi connectivity index (χ0n) is 22.2. The van der Waals surface area contributed by atoms with Crippen LogP contribution < -0.4 is 15.2 Å². The SMILES string of the molecule is C[C@@H](Oc1cc(-c2cnn(C3CCN(C(=O)Oc4ccc([N+](=O)[O-])cc4)CC3)c2)cnc1N)c1c(Cl)ccc(F)c1Cl. The maximum atomic E-state index is 14.0. The van der Waals surface area contributed by atoms with Crippen molar-refractivity contribution in [1.29, 1.82) is 0 Å². The van der Waals surface area contributed by atoms with Crippen LogP contribution in [0.25, 0.3) is 11.1 Å². The smallest absolute Gasteiger partial charge is 0.415 e. The number of aromatic nitrogens is 3. The fourth-order valence-corrected chi connectivity index (χ4v) is 5.35. The zero-order valence-corrected chi connectivity index (χ0v) is 23.8. The Morgan fingerprint density at radius 3 is 2.55 bits per heavy atom. The molecule has 42 heavy (non-hydrogen) atoms. The number of amides is 1. The van der Waals surface area contributed by atoms with Gasteiger partial charge in [0.15, 0.2) is 11.6 Å². The van der Waals surface area contributed by atoms with E-state index >= 15 is 0 Å². The molecule has 5 rings (SSSR count). The van der Waals surface area contributed by atoms with Crippen molar-refractivity contribution in [2.24, 2.45) is 0 Å². The van der Waals surface area contributed by atoms with Gasteiger partial charge in [-0.25, -0.2) is 14.2 Å². The second-order valence-corrected chi connectivity index (χ2v) is 10.5. The van der Waals surface area contributed by atoms with Gasteiger partial charge in [-0.2, -0.15) is 5.10 Å². The number of halogens is 3. The molecule has 2 aromatic heterocycles. The van der Waals surface area contributed by atoms with E-state index in [4.69, 9.17) is 38.4 Å². The van der Waals surface area contributed by atoms with Crippen LogP contribution in [0, 0.1) is 15.9 Å². The van der Waals surface area contributed by atoms with Crippen molar-refractivity contribution >= 4 is 40.8 Å². The molecule has 218 valence electrons. The highest BCUT2D eigenvalue weighted by Crippen LogP contribution is 2.37. The molecule has 1 amide bonds. The largest absolute Gasteiger partial charge is 0.482 e. The fourth-order valence-electron chi connectivity index (χ4n) is 4.67. The van der Waals surface area contributed by atoms with Gasteiger partial charge in [0.05, 0.1) is 22.2 Å². The highest BCUT2D eigenvalue weighted by Gasteiger charge is 2.26. The summed E-state index contributed by atoms with van der Waals surface area (Å²) >= 11 is 12.4. The molecule has 0 bridgehead atoms. The fraction of sp³-hybridized carbons (Fsp3) is 0.250. The maximum absolute atomic E-state index is 14.0. The number of ether oxygens (including phenoxy) is 2. The van der Waals surface area contributed by atoms with Crippen LogP contribution in [-0.4, -0.2) is 43.8 Å². The second kappa shape index (κ2) is 12.2. The number of carbonyl (C=O) groups excluding carboxylic acids is 1. The molecular weight excluding hydrogens is 590 g/mol. The lowest BCUT2D eigenvalue weighted by Crippen LogP contribution is -2.40. The molecule has 0 unspecified atom stereocenters. The topological polar surface area (TPSA) is 139 Å². The van der Waals surface area contributed by atoms with Crippen LogP contribution in [0.4, 0.5) is 20.7 Å². The van der Waals surface area contributed by atoms with E-state index in [0.717, 1.165) is 5.56 Å². The van der Waals surface area contributed by atoms with Crippen molar-refractivity contribution in [3.8, 4) is 22.6 Å². The van der Waals surface area contributed by atoms with Crippen molar-refractivity contribution in [3.05, 3.63) is 92.6 Å². The van der Waals surface area contributed by atoms with Gasteiger partial charge in [0.1, 0.15) is 17.7 Å². The van der Waals surface area contributed by atoms with Crippen LogP contribution in [-0.2, 0) is 0 Å². The number of non-ortho nitro benzene ring substituents is 1. The summed E-state index contributed by atoms with van der Waals surface area (Å²) in [4.78, 5) is 28.7. The Labute approximate surface area is 249 Å². The first-order valence-electron chi connectivity index (χ1n) is 12.9. The van der Waals surface area contributed by atoms with E-state index in [2.05, 4.69) is 10.1 Å². The van der Waals surface area contributed by atoms with Crippen molar-refractivity contribution in [2.75, 3.05) is 18.8 Å². The highest BCUT2D eigenvalue weighted by atomic mass is 35.5. The van der Waals surface area contributed by atoms with Gasteiger partial charge in [0, 0.05) is 59.3 Å². The number of benzene rings is 2. The standard InChI is InChI=1S/C28H25Cl2FN6O5/c1-16(25-22(29)6-7-23(31)26(25)30)41-24-12-17(13-33-27(24)32)18-14-34-36(15-18)19-8-10-35(11-9-19)28(38)42-21-4-2-20(3-5-21)37(39)40/h2-7,12-16,19H,8-11H2,1H3,(H2,32,33)/t16-/m1/s1. The summed E-state index contributed by atoms with van der Waals surface area (Å²) in [5, 5.41) is 15.5. The molecule has 0 spiro atoms. The minimum Gasteiger partial charge on any atom is -0.482 e. The van der Waals surface area contributed by atoms with E-state index < -0.39 is 22.9 Å². The van der Waals surface area contributed by atoms with Gasteiger partial charge < -0.3 is 20.1 Å². The quantitative estimate of drug-likeness (QED) is 0.135. The first-order valence-corrected chi connectivity index (χ1v) is 13.7. The van der Waals surface area contributed by atoms with E-state index in [0.29, 0.717) is 37.1 Å². The van der Waals surface area contributed by atoms with Gasteiger partial charge in [-0.15, -0.1) is 0 Å². The number of nitrogens with zero attached hydrogens (tertiary/aromatic N) is 5. The minimum atomic E-state index is -0.708. The van der Waals surface area contributed by atoms with E-state index in [1.807, 2.05) is 10.9 Å². The number of anilines is 1. The zero-order chi connectivity index (χ0) is 30.0. The number of piperidine rings is 1. The summed E-state index contributed by atoms with van der Waals surface area (Å²) in [6, 6.07) is 9.72. The number of hydrogen-bond acceptors (Lipinski definition) is 8. The monoisotopic (exact) mass is 614 g/mol. The predicted octanol–water partition coefficient (Wildman–Crippen LogP) is 6.86.